The summed E-state index contributed by atoms with van der Waals surface area (Å²) in [5.41, 5.74) is 5.79. The van der Waals surface area contributed by atoms with Crippen LogP contribution in [0.4, 0.5) is 13.2 Å². The molecule has 1 heterocycles. The van der Waals surface area contributed by atoms with E-state index in [1.807, 2.05) is 13.8 Å². The van der Waals surface area contributed by atoms with Crippen molar-refractivity contribution in [2.24, 2.45) is 11.7 Å². The molecule has 1 fully saturated rings. The zero-order valence-corrected chi connectivity index (χ0v) is 14.3. The van der Waals surface area contributed by atoms with Gasteiger partial charge in [-0.2, -0.15) is 17.5 Å². The molecule has 6 nitrogen and oxygen atoms in total. The molecule has 0 spiro atoms. The molecule has 1 amide bonds. The topological polar surface area (TPSA) is 83.7 Å². The van der Waals surface area contributed by atoms with Crippen LogP contribution in [0.1, 0.15) is 26.7 Å². The van der Waals surface area contributed by atoms with Crippen molar-refractivity contribution in [3.05, 3.63) is 0 Å². The monoisotopic (exact) mass is 359 g/mol. The second kappa shape index (κ2) is 7.35. The Morgan fingerprint density at radius 1 is 1.30 bits per heavy atom. The van der Waals surface area contributed by atoms with Crippen LogP contribution in [0.15, 0.2) is 0 Å². The number of hydrogen-bond acceptors (Lipinski definition) is 4. The van der Waals surface area contributed by atoms with Crippen LogP contribution < -0.4 is 5.73 Å². The minimum absolute atomic E-state index is 0.0435. The first-order valence-corrected chi connectivity index (χ1v) is 9.25. The summed E-state index contributed by atoms with van der Waals surface area (Å²) in [5, 5.41) is 0. The fourth-order valence-electron chi connectivity index (χ4n) is 2.56. The zero-order chi connectivity index (χ0) is 18.0. The van der Waals surface area contributed by atoms with Gasteiger partial charge in [0.25, 0.3) is 0 Å². The van der Waals surface area contributed by atoms with E-state index in [0.717, 1.165) is 6.26 Å². The van der Waals surface area contributed by atoms with Crippen molar-refractivity contribution in [3.8, 4) is 0 Å². The Hall–Kier alpha value is -0.870. The summed E-state index contributed by atoms with van der Waals surface area (Å²) in [6, 6.07) is -1.42. The third kappa shape index (κ3) is 5.92. The molecule has 0 unspecified atom stereocenters. The Labute approximate surface area is 134 Å². The van der Waals surface area contributed by atoms with Gasteiger partial charge in [0.2, 0.25) is 15.9 Å². The second-order valence-corrected chi connectivity index (χ2v) is 8.18. The smallest absolute Gasteiger partial charge is 0.341 e. The lowest BCUT2D eigenvalue weighted by Gasteiger charge is -2.38. The van der Waals surface area contributed by atoms with E-state index in [1.54, 1.807) is 0 Å². The van der Waals surface area contributed by atoms with Gasteiger partial charge in [-0.1, -0.05) is 13.8 Å². The Morgan fingerprint density at radius 3 is 2.13 bits per heavy atom. The van der Waals surface area contributed by atoms with Gasteiger partial charge in [0.15, 0.2) is 0 Å². The highest BCUT2D eigenvalue weighted by atomic mass is 32.2. The third-order valence-corrected chi connectivity index (χ3v) is 5.23. The Balaban J connectivity index is 2.74. The molecule has 10 heteroatoms. The van der Waals surface area contributed by atoms with Crippen LogP contribution in [0, 0.1) is 5.92 Å². The number of piperidine rings is 1. The van der Waals surface area contributed by atoms with E-state index >= 15 is 0 Å². The standard InChI is InChI=1S/C13H24F3N3O3S/c1-9(2)11(17)12(20)18-6-4-10(5-7-18)19(23(3,21)22)8-13(14,15)16/h9-11H,4-8,17H2,1-3H3/t11-/m0/s1. The van der Waals surface area contributed by atoms with Gasteiger partial charge in [0.05, 0.1) is 12.3 Å². The molecule has 0 bridgehead atoms. The average molecular weight is 359 g/mol. The largest absolute Gasteiger partial charge is 0.402 e. The second-order valence-electron chi connectivity index (χ2n) is 6.25. The highest BCUT2D eigenvalue weighted by molar-refractivity contribution is 7.88. The van der Waals surface area contributed by atoms with Gasteiger partial charge in [-0.25, -0.2) is 8.42 Å². The molecule has 23 heavy (non-hydrogen) atoms. The number of alkyl halides is 3. The van der Waals surface area contributed by atoms with E-state index < -0.39 is 34.8 Å². The van der Waals surface area contributed by atoms with Gasteiger partial charge in [-0.15, -0.1) is 0 Å². The van der Waals surface area contributed by atoms with E-state index in [2.05, 4.69) is 0 Å². The predicted octanol–water partition coefficient (Wildman–Crippen LogP) is 0.785. The first-order valence-electron chi connectivity index (χ1n) is 7.41. The summed E-state index contributed by atoms with van der Waals surface area (Å²) in [5.74, 6) is -0.293. The Morgan fingerprint density at radius 2 is 1.78 bits per heavy atom. The molecule has 136 valence electrons. The lowest BCUT2D eigenvalue weighted by molar-refractivity contribution is -0.143. The minimum atomic E-state index is -4.60. The summed E-state index contributed by atoms with van der Waals surface area (Å²) in [6.45, 7) is 2.52. The molecule has 0 aliphatic carbocycles. The van der Waals surface area contributed by atoms with Crippen LogP contribution in [0.25, 0.3) is 0 Å². The zero-order valence-electron chi connectivity index (χ0n) is 13.5. The van der Waals surface area contributed by atoms with Crippen LogP contribution in [0.5, 0.6) is 0 Å². The summed E-state index contributed by atoms with van der Waals surface area (Å²) >= 11 is 0. The highest BCUT2D eigenvalue weighted by Gasteiger charge is 2.40. The number of amides is 1. The van der Waals surface area contributed by atoms with Crippen LogP contribution >= 0.6 is 0 Å². The third-order valence-electron chi connectivity index (χ3n) is 3.95. The number of sulfonamides is 1. The molecule has 0 aromatic rings. The number of carbonyl (C=O) groups excluding carboxylic acids is 1. The summed E-state index contributed by atoms with van der Waals surface area (Å²) in [4.78, 5) is 13.6. The van der Waals surface area contributed by atoms with E-state index in [0.29, 0.717) is 4.31 Å². The molecule has 0 saturated carbocycles. The molecule has 0 aromatic carbocycles. The fourth-order valence-corrected chi connectivity index (χ4v) is 3.70. The Kier molecular flexibility index (Phi) is 6.45. The van der Waals surface area contributed by atoms with Crippen molar-refractivity contribution in [3.63, 3.8) is 0 Å². The van der Waals surface area contributed by atoms with Crippen molar-refractivity contribution in [1.82, 2.24) is 9.21 Å². The fraction of sp³-hybridized carbons (Fsp3) is 0.923. The maximum atomic E-state index is 12.6. The van der Waals surface area contributed by atoms with Gasteiger partial charge < -0.3 is 10.6 Å². The molecule has 1 saturated heterocycles. The molecule has 1 aliphatic heterocycles. The summed E-state index contributed by atoms with van der Waals surface area (Å²) < 4.78 is 61.6. The number of nitrogens with zero attached hydrogens (tertiary/aromatic N) is 2. The normalized spacial score (nSPS) is 19.4. The van der Waals surface area contributed by atoms with Crippen molar-refractivity contribution < 1.29 is 26.4 Å². The minimum Gasteiger partial charge on any atom is -0.341 e. The number of likely N-dealkylation sites (tertiary alicyclic amines) is 1. The molecule has 2 N–H and O–H groups in total. The molecule has 1 rings (SSSR count). The van der Waals surface area contributed by atoms with Gasteiger partial charge in [0, 0.05) is 19.1 Å². The lowest BCUT2D eigenvalue weighted by atomic mass is 10.0. The molecule has 0 aromatic heterocycles. The number of halogens is 3. The van der Waals surface area contributed by atoms with Crippen molar-refractivity contribution in [2.45, 2.75) is 44.9 Å². The molecule has 1 atom stereocenters. The quantitative estimate of drug-likeness (QED) is 0.786. The van der Waals surface area contributed by atoms with Gasteiger partial charge >= 0.3 is 6.18 Å². The predicted molar refractivity (Wildman–Crippen MR) is 80.0 cm³/mol. The van der Waals surface area contributed by atoms with E-state index in [-0.39, 0.29) is 37.8 Å². The number of nitrogens with two attached hydrogens (primary N) is 1. The SMILES string of the molecule is CC(C)[C@H](N)C(=O)N1CCC(N(CC(F)(F)F)S(C)(=O)=O)CC1. The van der Waals surface area contributed by atoms with Crippen LogP contribution in [0.2, 0.25) is 0 Å². The number of hydrogen-bond donors (Lipinski definition) is 1. The van der Waals surface area contributed by atoms with E-state index in [9.17, 15) is 26.4 Å². The molecule has 0 radical (unpaired) electrons. The van der Waals surface area contributed by atoms with Crippen LogP contribution in [0.3, 0.4) is 0 Å². The maximum absolute atomic E-state index is 12.6. The highest BCUT2D eigenvalue weighted by Crippen LogP contribution is 2.25. The summed E-state index contributed by atoms with van der Waals surface area (Å²) in [6.07, 6.45) is -3.50. The van der Waals surface area contributed by atoms with Gasteiger partial charge in [-0.3, -0.25) is 4.79 Å². The van der Waals surface area contributed by atoms with E-state index in [1.165, 1.54) is 4.90 Å². The summed E-state index contributed by atoms with van der Waals surface area (Å²) in [7, 11) is -3.98. The maximum Gasteiger partial charge on any atom is 0.402 e. The average Bonchev–Trinajstić information content (AvgIpc) is 2.41. The first kappa shape index (κ1) is 20.2. The van der Waals surface area contributed by atoms with Gasteiger partial charge in [-0.05, 0) is 18.8 Å². The van der Waals surface area contributed by atoms with Gasteiger partial charge in [0.1, 0.15) is 6.54 Å². The number of carbonyl (C=O) groups is 1. The van der Waals surface area contributed by atoms with Crippen LogP contribution in [-0.4, -0.2) is 67.7 Å². The molecular formula is C13H24F3N3O3S. The van der Waals surface area contributed by atoms with Crippen molar-refractivity contribution >= 4 is 15.9 Å². The lowest BCUT2D eigenvalue weighted by Crippen LogP contribution is -2.54. The Bertz CT molecular complexity index is 514. The van der Waals surface area contributed by atoms with Crippen LogP contribution in [-0.2, 0) is 14.8 Å². The van der Waals surface area contributed by atoms with Crippen molar-refractivity contribution in [1.29, 1.82) is 0 Å². The molecule has 1 aliphatic rings. The molecular weight excluding hydrogens is 335 g/mol. The van der Waals surface area contributed by atoms with Crippen molar-refractivity contribution in [2.75, 3.05) is 25.9 Å². The number of rotatable bonds is 5. The first-order chi connectivity index (χ1) is 10.3. The van der Waals surface area contributed by atoms with E-state index in [4.69, 9.17) is 5.73 Å².